The Balaban J connectivity index is 1.46. The second-order valence-corrected chi connectivity index (χ2v) is 8.01. The van der Waals surface area contributed by atoms with Crippen LogP contribution in [-0.2, 0) is 0 Å². The largest absolute Gasteiger partial charge is 0.309 e. The third kappa shape index (κ3) is 3.17. The van der Waals surface area contributed by atoms with Crippen molar-refractivity contribution in [2.24, 2.45) is 0 Å². The van der Waals surface area contributed by atoms with Crippen molar-refractivity contribution in [2.45, 2.75) is 0 Å². The molecule has 2 aromatic heterocycles. The number of rotatable bonds is 3. The number of hydrogen-bond acceptors (Lipinski definition) is 2. The molecule has 0 amide bonds. The molecule has 3 nitrogen and oxygen atoms in total. The molecular formula is C30H19N3. The molecule has 0 saturated heterocycles. The van der Waals surface area contributed by atoms with Crippen molar-refractivity contribution in [3.8, 4) is 34.0 Å². The van der Waals surface area contributed by atoms with E-state index in [0.717, 1.165) is 27.9 Å². The van der Waals surface area contributed by atoms with E-state index in [9.17, 15) is 5.26 Å². The molecule has 4 aromatic carbocycles. The molecule has 0 aliphatic rings. The van der Waals surface area contributed by atoms with Crippen LogP contribution in [0.1, 0.15) is 5.69 Å². The van der Waals surface area contributed by atoms with E-state index >= 15 is 0 Å². The summed E-state index contributed by atoms with van der Waals surface area (Å²) in [6, 6.07) is 40.0. The van der Waals surface area contributed by atoms with Crippen molar-refractivity contribution >= 4 is 21.8 Å². The summed E-state index contributed by atoms with van der Waals surface area (Å²) in [4.78, 5) is 4.18. The monoisotopic (exact) mass is 421 g/mol. The highest BCUT2D eigenvalue weighted by atomic mass is 15.0. The first-order valence-corrected chi connectivity index (χ1v) is 10.9. The van der Waals surface area contributed by atoms with Crippen molar-refractivity contribution < 1.29 is 0 Å². The van der Waals surface area contributed by atoms with Crippen LogP contribution >= 0.6 is 0 Å². The molecule has 0 saturated carbocycles. The Bertz CT molecular complexity index is 1610. The van der Waals surface area contributed by atoms with Gasteiger partial charge in [0.1, 0.15) is 11.8 Å². The quantitative estimate of drug-likeness (QED) is 0.299. The molecule has 6 rings (SSSR count). The van der Waals surface area contributed by atoms with Crippen LogP contribution in [0.15, 0.2) is 115 Å². The lowest BCUT2D eigenvalue weighted by atomic mass is 9.99. The van der Waals surface area contributed by atoms with Gasteiger partial charge in [-0.25, -0.2) is 4.98 Å². The zero-order valence-corrected chi connectivity index (χ0v) is 17.8. The van der Waals surface area contributed by atoms with Gasteiger partial charge in [0.25, 0.3) is 0 Å². The van der Waals surface area contributed by atoms with Gasteiger partial charge in [0.2, 0.25) is 0 Å². The summed E-state index contributed by atoms with van der Waals surface area (Å²) < 4.78 is 2.33. The first kappa shape index (κ1) is 19.0. The molecule has 0 aliphatic carbocycles. The van der Waals surface area contributed by atoms with E-state index in [1.54, 1.807) is 6.20 Å². The number of aromatic nitrogens is 2. The molecule has 0 radical (unpaired) electrons. The highest BCUT2D eigenvalue weighted by Gasteiger charge is 2.12. The number of para-hydroxylation sites is 2. The first-order chi connectivity index (χ1) is 16.3. The summed E-state index contributed by atoms with van der Waals surface area (Å²) in [6.45, 7) is 0. The van der Waals surface area contributed by atoms with E-state index in [0.29, 0.717) is 5.69 Å². The molecule has 154 valence electrons. The van der Waals surface area contributed by atoms with Crippen LogP contribution in [0.2, 0.25) is 0 Å². The van der Waals surface area contributed by atoms with Crippen LogP contribution in [0.5, 0.6) is 0 Å². The molecule has 0 spiro atoms. The van der Waals surface area contributed by atoms with Gasteiger partial charge in [-0.3, -0.25) is 0 Å². The van der Waals surface area contributed by atoms with Crippen molar-refractivity contribution in [3.63, 3.8) is 0 Å². The molecule has 2 heterocycles. The SMILES string of the molecule is N#Cc1ncccc1-c1ccc(-c2cccc(-n3c4ccccc4c4ccccc43)c2)cc1. The van der Waals surface area contributed by atoms with Gasteiger partial charge in [0.15, 0.2) is 0 Å². The second-order valence-electron chi connectivity index (χ2n) is 8.01. The minimum atomic E-state index is 0.443. The van der Waals surface area contributed by atoms with Gasteiger partial charge in [-0.1, -0.05) is 72.8 Å². The Morgan fingerprint density at radius 2 is 1.27 bits per heavy atom. The third-order valence-electron chi connectivity index (χ3n) is 6.13. The molecule has 0 unspecified atom stereocenters. The third-order valence-corrected chi connectivity index (χ3v) is 6.13. The zero-order chi connectivity index (χ0) is 22.2. The van der Waals surface area contributed by atoms with Crippen LogP contribution in [0.3, 0.4) is 0 Å². The predicted octanol–water partition coefficient (Wildman–Crippen LogP) is 7.38. The highest BCUT2D eigenvalue weighted by Crippen LogP contribution is 2.33. The van der Waals surface area contributed by atoms with E-state index in [1.807, 2.05) is 12.1 Å². The molecular weight excluding hydrogens is 402 g/mol. The Labute approximate surface area is 191 Å². The lowest BCUT2D eigenvalue weighted by Gasteiger charge is -2.11. The van der Waals surface area contributed by atoms with Gasteiger partial charge in [0, 0.05) is 28.2 Å². The van der Waals surface area contributed by atoms with Crippen LogP contribution in [0, 0.1) is 11.3 Å². The molecule has 0 bridgehead atoms. The number of nitriles is 1. The van der Waals surface area contributed by atoms with Crippen molar-refractivity contribution in [2.75, 3.05) is 0 Å². The van der Waals surface area contributed by atoms with Crippen molar-refractivity contribution in [3.05, 3.63) is 121 Å². The minimum Gasteiger partial charge on any atom is -0.309 e. The number of pyridine rings is 1. The summed E-state index contributed by atoms with van der Waals surface area (Å²) in [7, 11) is 0. The maximum Gasteiger partial charge on any atom is 0.148 e. The standard InChI is InChI=1S/C30H19N3/c31-20-28-25(11-6-18-32-28)22-16-14-21(15-17-22)23-7-5-8-24(19-23)33-29-12-3-1-9-26(29)27-10-2-4-13-30(27)33/h1-19H. The topological polar surface area (TPSA) is 41.6 Å². The van der Waals surface area contributed by atoms with E-state index < -0.39 is 0 Å². The Hall–Kier alpha value is -4.68. The molecule has 0 aliphatic heterocycles. The Morgan fingerprint density at radius 1 is 0.606 bits per heavy atom. The van der Waals surface area contributed by atoms with E-state index in [2.05, 4.69) is 113 Å². The van der Waals surface area contributed by atoms with Gasteiger partial charge in [-0.15, -0.1) is 0 Å². The molecule has 0 fully saturated rings. The number of fused-ring (bicyclic) bond motifs is 3. The molecule has 3 heteroatoms. The summed E-state index contributed by atoms with van der Waals surface area (Å²) in [5.41, 5.74) is 8.09. The van der Waals surface area contributed by atoms with Crippen LogP contribution in [-0.4, -0.2) is 9.55 Å². The molecule has 6 aromatic rings. The predicted molar refractivity (Wildman–Crippen MR) is 134 cm³/mol. The van der Waals surface area contributed by atoms with Crippen molar-refractivity contribution in [1.82, 2.24) is 9.55 Å². The van der Waals surface area contributed by atoms with Gasteiger partial charge in [-0.05, 0) is 53.1 Å². The molecule has 0 atom stereocenters. The minimum absolute atomic E-state index is 0.443. The second kappa shape index (κ2) is 7.78. The lowest BCUT2D eigenvalue weighted by Crippen LogP contribution is -1.94. The van der Waals surface area contributed by atoms with Gasteiger partial charge >= 0.3 is 0 Å². The smallest absolute Gasteiger partial charge is 0.148 e. The van der Waals surface area contributed by atoms with Gasteiger partial charge in [0.05, 0.1) is 11.0 Å². The van der Waals surface area contributed by atoms with E-state index in [4.69, 9.17) is 0 Å². The molecule has 0 N–H and O–H groups in total. The van der Waals surface area contributed by atoms with E-state index in [1.165, 1.54) is 21.8 Å². The van der Waals surface area contributed by atoms with E-state index in [-0.39, 0.29) is 0 Å². The molecule has 33 heavy (non-hydrogen) atoms. The lowest BCUT2D eigenvalue weighted by molar-refractivity contribution is 1.18. The first-order valence-electron chi connectivity index (χ1n) is 10.9. The van der Waals surface area contributed by atoms with Crippen LogP contribution < -0.4 is 0 Å². The average molecular weight is 422 g/mol. The maximum absolute atomic E-state index is 9.37. The fourth-order valence-corrected chi connectivity index (χ4v) is 4.59. The van der Waals surface area contributed by atoms with Crippen molar-refractivity contribution in [1.29, 1.82) is 5.26 Å². The number of benzene rings is 4. The van der Waals surface area contributed by atoms with Crippen LogP contribution in [0.4, 0.5) is 0 Å². The average Bonchev–Trinajstić information content (AvgIpc) is 3.23. The summed E-state index contributed by atoms with van der Waals surface area (Å²) in [5, 5.41) is 11.9. The van der Waals surface area contributed by atoms with Gasteiger partial charge < -0.3 is 4.57 Å². The number of nitrogens with zero attached hydrogens (tertiary/aromatic N) is 3. The summed E-state index contributed by atoms with van der Waals surface area (Å²) >= 11 is 0. The fraction of sp³-hybridized carbons (Fsp3) is 0. The Morgan fingerprint density at radius 3 is 1.97 bits per heavy atom. The van der Waals surface area contributed by atoms with Gasteiger partial charge in [-0.2, -0.15) is 5.26 Å². The normalized spacial score (nSPS) is 11.0. The number of hydrogen-bond donors (Lipinski definition) is 0. The fourth-order valence-electron chi connectivity index (χ4n) is 4.59. The Kier molecular flexibility index (Phi) is 4.49. The zero-order valence-electron chi connectivity index (χ0n) is 17.8. The summed E-state index contributed by atoms with van der Waals surface area (Å²) in [6.07, 6.45) is 1.65. The summed E-state index contributed by atoms with van der Waals surface area (Å²) in [5.74, 6) is 0. The highest BCUT2D eigenvalue weighted by molar-refractivity contribution is 6.09. The van der Waals surface area contributed by atoms with Crippen LogP contribution in [0.25, 0.3) is 49.7 Å². The maximum atomic E-state index is 9.37.